The summed E-state index contributed by atoms with van der Waals surface area (Å²) in [5.41, 5.74) is 10.4. The van der Waals surface area contributed by atoms with Gasteiger partial charge in [-0.2, -0.15) is 5.26 Å². The van der Waals surface area contributed by atoms with E-state index >= 15 is 0 Å². The molecule has 2 atom stereocenters. The summed E-state index contributed by atoms with van der Waals surface area (Å²) in [7, 11) is 0. The van der Waals surface area contributed by atoms with Crippen LogP contribution in [0.2, 0.25) is 0 Å². The van der Waals surface area contributed by atoms with Crippen molar-refractivity contribution in [1.29, 1.82) is 5.26 Å². The molecule has 2 heterocycles. The van der Waals surface area contributed by atoms with E-state index in [4.69, 9.17) is 19.7 Å². The fraction of sp³-hybridized carbons (Fsp3) is 0.0566. The first-order chi connectivity index (χ1) is 28.7. The number of para-hydroxylation sites is 1. The molecule has 8 aromatic rings. The van der Waals surface area contributed by atoms with Gasteiger partial charge in [0.15, 0.2) is 17.5 Å². The highest BCUT2D eigenvalue weighted by atomic mass is 16.5. The Bertz CT molecular complexity index is 2820. The zero-order chi connectivity index (χ0) is 38.9. The van der Waals surface area contributed by atoms with Gasteiger partial charge in [-0.25, -0.2) is 15.0 Å². The summed E-state index contributed by atoms with van der Waals surface area (Å²) in [6.45, 7) is 0. The average Bonchev–Trinajstić information content (AvgIpc) is 3.31. The summed E-state index contributed by atoms with van der Waals surface area (Å²) in [5.74, 6) is 2.58. The molecular formula is C53H36N4O. The summed E-state index contributed by atoms with van der Waals surface area (Å²) >= 11 is 0. The van der Waals surface area contributed by atoms with Crippen LogP contribution in [0.4, 0.5) is 0 Å². The number of aromatic nitrogens is 3. The van der Waals surface area contributed by atoms with E-state index < -0.39 is 5.41 Å². The van der Waals surface area contributed by atoms with E-state index in [1.807, 2.05) is 42.5 Å². The molecule has 274 valence electrons. The molecule has 0 bridgehead atoms. The van der Waals surface area contributed by atoms with Crippen LogP contribution in [0, 0.1) is 17.2 Å². The van der Waals surface area contributed by atoms with Gasteiger partial charge in [-0.05, 0) is 58.2 Å². The van der Waals surface area contributed by atoms with Crippen molar-refractivity contribution in [1.82, 2.24) is 15.0 Å². The molecule has 5 heteroatoms. The molecule has 2 unspecified atom stereocenters. The van der Waals surface area contributed by atoms with Crippen molar-refractivity contribution >= 4 is 0 Å². The van der Waals surface area contributed by atoms with Gasteiger partial charge in [0.2, 0.25) is 0 Å². The zero-order valence-electron chi connectivity index (χ0n) is 31.5. The van der Waals surface area contributed by atoms with Gasteiger partial charge < -0.3 is 4.74 Å². The lowest BCUT2D eigenvalue weighted by Gasteiger charge is -2.49. The van der Waals surface area contributed by atoms with E-state index in [-0.39, 0.29) is 12.0 Å². The number of nitriles is 1. The molecule has 58 heavy (non-hydrogen) atoms. The third kappa shape index (κ3) is 6.00. The molecule has 1 aliphatic carbocycles. The summed E-state index contributed by atoms with van der Waals surface area (Å²) in [4.78, 5) is 15.1. The minimum absolute atomic E-state index is 0.0442. The second kappa shape index (κ2) is 14.8. The van der Waals surface area contributed by atoms with Gasteiger partial charge in [0.25, 0.3) is 0 Å². The van der Waals surface area contributed by atoms with Crippen LogP contribution in [0.5, 0.6) is 5.75 Å². The molecule has 10 rings (SSSR count). The van der Waals surface area contributed by atoms with Crippen molar-refractivity contribution in [3.05, 3.63) is 229 Å². The molecule has 0 amide bonds. The SMILES string of the molecule is N#Cc1ccc(-c2nc(-c3ccc(-c4cccc5c4OC4C=CC=CC4C5(c4ccccc4)c4ccccc4)cc3)nc(-c3ccccc3-c3ccccc3)n2)cc1. The second-order valence-electron chi connectivity index (χ2n) is 14.6. The maximum Gasteiger partial charge on any atom is 0.164 e. The Hall–Kier alpha value is -7.68. The van der Waals surface area contributed by atoms with Crippen molar-refractivity contribution in [2.75, 3.05) is 0 Å². The van der Waals surface area contributed by atoms with E-state index in [1.165, 1.54) is 11.1 Å². The Morgan fingerprint density at radius 3 is 1.59 bits per heavy atom. The Morgan fingerprint density at radius 2 is 0.948 bits per heavy atom. The summed E-state index contributed by atoms with van der Waals surface area (Å²) < 4.78 is 7.04. The molecule has 0 saturated heterocycles. The van der Waals surface area contributed by atoms with Gasteiger partial charge in [0.1, 0.15) is 11.9 Å². The Labute approximate surface area is 338 Å². The number of ether oxygens (including phenoxy) is 1. The summed E-state index contributed by atoms with van der Waals surface area (Å²) in [5, 5.41) is 9.47. The topological polar surface area (TPSA) is 71.7 Å². The van der Waals surface area contributed by atoms with Gasteiger partial charge in [0.05, 0.1) is 17.0 Å². The number of nitrogens with zero attached hydrogens (tertiary/aromatic N) is 4. The number of hydrogen-bond donors (Lipinski definition) is 0. The number of rotatable bonds is 7. The fourth-order valence-electron chi connectivity index (χ4n) is 8.67. The van der Waals surface area contributed by atoms with Gasteiger partial charge in [0, 0.05) is 33.7 Å². The third-order valence-electron chi connectivity index (χ3n) is 11.4. The minimum atomic E-state index is -0.489. The molecule has 0 radical (unpaired) electrons. The lowest BCUT2D eigenvalue weighted by atomic mass is 9.58. The normalized spacial score (nSPS) is 16.1. The van der Waals surface area contributed by atoms with Crippen LogP contribution in [0.1, 0.15) is 22.3 Å². The quantitative estimate of drug-likeness (QED) is 0.162. The highest BCUT2D eigenvalue weighted by molar-refractivity contribution is 5.82. The van der Waals surface area contributed by atoms with Crippen LogP contribution < -0.4 is 4.74 Å². The Kier molecular flexibility index (Phi) is 8.85. The largest absolute Gasteiger partial charge is 0.485 e. The minimum Gasteiger partial charge on any atom is -0.485 e. The van der Waals surface area contributed by atoms with Crippen molar-refractivity contribution in [3.8, 4) is 68.2 Å². The smallest absolute Gasteiger partial charge is 0.164 e. The number of benzene rings is 7. The van der Waals surface area contributed by atoms with Crippen LogP contribution in [0.15, 0.2) is 206 Å². The molecule has 0 N–H and O–H groups in total. The standard InChI is InChI=1S/C53H36N4O/c54-35-36-27-29-39(30-28-36)50-55-51(57-52(56-50)45-22-11-10-21-43(45)37-15-4-1-5-16-37)40-33-31-38(32-34-40)44-23-14-25-47-49(44)58-48-26-13-12-24-46(48)53(47,41-17-6-2-7-18-41)42-19-8-3-9-20-42/h1-34,46,48H. The number of fused-ring (bicyclic) bond motifs is 2. The Balaban J connectivity index is 1.11. The van der Waals surface area contributed by atoms with Gasteiger partial charge in [-0.1, -0.05) is 176 Å². The van der Waals surface area contributed by atoms with Crippen LogP contribution in [0.3, 0.4) is 0 Å². The molecule has 7 aromatic carbocycles. The van der Waals surface area contributed by atoms with E-state index in [1.54, 1.807) is 12.1 Å². The number of hydrogen-bond acceptors (Lipinski definition) is 5. The number of allylic oxidation sites excluding steroid dienone is 2. The Morgan fingerprint density at radius 1 is 0.448 bits per heavy atom. The second-order valence-corrected chi connectivity index (χ2v) is 14.6. The van der Waals surface area contributed by atoms with Crippen molar-refractivity contribution in [3.63, 3.8) is 0 Å². The van der Waals surface area contributed by atoms with Gasteiger partial charge in [-0.3, -0.25) is 0 Å². The molecule has 1 aromatic heterocycles. The lowest BCUT2D eigenvalue weighted by Crippen LogP contribution is -2.48. The van der Waals surface area contributed by atoms with Gasteiger partial charge >= 0.3 is 0 Å². The van der Waals surface area contributed by atoms with Crippen LogP contribution in [-0.2, 0) is 5.41 Å². The fourth-order valence-corrected chi connectivity index (χ4v) is 8.67. The summed E-state index contributed by atoms with van der Waals surface area (Å²) in [6.07, 6.45) is 8.58. The monoisotopic (exact) mass is 744 g/mol. The predicted molar refractivity (Wildman–Crippen MR) is 231 cm³/mol. The molecule has 0 saturated carbocycles. The predicted octanol–water partition coefficient (Wildman–Crippen LogP) is 11.9. The van der Waals surface area contributed by atoms with E-state index in [0.717, 1.165) is 50.3 Å². The molecule has 5 nitrogen and oxygen atoms in total. The summed E-state index contributed by atoms with van der Waals surface area (Å²) in [6, 6.07) is 64.7. The third-order valence-corrected chi connectivity index (χ3v) is 11.4. The molecule has 0 spiro atoms. The van der Waals surface area contributed by atoms with E-state index in [2.05, 4.69) is 158 Å². The van der Waals surface area contributed by atoms with Crippen molar-refractivity contribution in [2.45, 2.75) is 11.5 Å². The molecule has 0 fully saturated rings. The maximum atomic E-state index is 9.47. The van der Waals surface area contributed by atoms with Crippen LogP contribution in [-0.4, -0.2) is 21.1 Å². The first kappa shape index (κ1) is 34.8. The highest BCUT2D eigenvalue weighted by Crippen LogP contribution is 2.56. The molecule has 2 aliphatic rings. The highest BCUT2D eigenvalue weighted by Gasteiger charge is 2.51. The van der Waals surface area contributed by atoms with Crippen molar-refractivity contribution in [2.24, 2.45) is 5.92 Å². The first-order valence-corrected chi connectivity index (χ1v) is 19.5. The van der Waals surface area contributed by atoms with Crippen LogP contribution in [0.25, 0.3) is 56.4 Å². The maximum absolute atomic E-state index is 9.47. The first-order valence-electron chi connectivity index (χ1n) is 19.5. The zero-order valence-corrected chi connectivity index (χ0v) is 31.5. The molecule has 1 aliphatic heterocycles. The van der Waals surface area contributed by atoms with E-state index in [0.29, 0.717) is 23.0 Å². The van der Waals surface area contributed by atoms with Crippen molar-refractivity contribution < 1.29 is 4.74 Å². The van der Waals surface area contributed by atoms with Crippen LogP contribution >= 0.6 is 0 Å². The van der Waals surface area contributed by atoms with E-state index in [9.17, 15) is 5.26 Å². The van der Waals surface area contributed by atoms with Gasteiger partial charge in [-0.15, -0.1) is 0 Å². The molecular weight excluding hydrogens is 709 g/mol. The lowest BCUT2D eigenvalue weighted by molar-refractivity contribution is 0.140. The average molecular weight is 745 g/mol.